The van der Waals surface area contributed by atoms with Crippen LogP contribution < -0.4 is 0 Å². The maximum Gasteiger partial charge on any atom is 0.315 e. The van der Waals surface area contributed by atoms with E-state index in [2.05, 4.69) is 0 Å². The molecule has 14 heavy (non-hydrogen) atoms. The molecule has 0 spiro atoms. The van der Waals surface area contributed by atoms with Gasteiger partial charge in [-0.2, -0.15) is 0 Å². The molecule has 1 rings (SSSR count). The number of phenols is 2. The van der Waals surface area contributed by atoms with Crippen LogP contribution in [0, 0.1) is 10.1 Å². The summed E-state index contributed by atoms with van der Waals surface area (Å²) in [6.07, 6.45) is 3.27. The Kier molecular flexibility index (Phi) is 2.71. The molecule has 0 amide bonds. The van der Waals surface area contributed by atoms with Crippen molar-refractivity contribution in [2.24, 2.45) is 0 Å². The Balaban J connectivity index is 3.35. The molecule has 2 N–H and O–H groups in total. The van der Waals surface area contributed by atoms with Gasteiger partial charge in [-0.05, 0) is 18.6 Å². The number of nitrogens with zero attached hydrogens (tertiary/aromatic N) is 1. The van der Waals surface area contributed by atoms with Crippen LogP contribution in [0.2, 0.25) is 0 Å². The molecule has 0 heterocycles. The summed E-state index contributed by atoms with van der Waals surface area (Å²) in [6.45, 7) is 1.75. The molecule has 1 aromatic rings. The molecule has 5 heteroatoms. The van der Waals surface area contributed by atoms with Gasteiger partial charge >= 0.3 is 5.69 Å². The van der Waals surface area contributed by atoms with Crippen molar-refractivity contribution < 1.29 is 15.1 Å². The zero-order chi connectivity index (χ0) is 10.7. The van der Waals surface area contributed by atoms with Crippen LogP contribution in [0.4, 0.5) is 5.69 Å². The van der Waals surface area contributed by atoms with E-state index in [0.29, 0.717) is 5.56 Å². The molecule has 0 atom stereocenters. The number of hydrogen-bond acceptors (Lipinski definition) is 4. The van der Waals surface area contributed by atoms with Gasteiger partial charge in [-0.3, -0.25) is 10.1 Å². The fourth-order valence-corrected chi connectivity index (χ4v) is 1.05. The molecular formula is C9H9NO4. The van der Waals surface area contributed by atoms with Crippen LogP contribution in [0.25, 0.3) is 6.08 Å². The standard InChI is InChI=1S/C9H9NO4/c1-2-3-6-4-7(10(13)14)9(12)8(11)5-6/h2-5,11-12H,1H3/b3-2+. The lowest BCUT2D eigenvalue weighted by Crippen LogP contribution is -1.89. The van der Waals surface area contributed by atoms with Crippen LogP contribution in [0.1, 0.15) is 12.5 Å². The first-order valence-corrected chi connectivity index (χ1v) is 3.89. The lowest BCUT2D eigenvalue weighted by Gasteiger charge is -2.00. The van der Waals surface area contributed by atoms with E-state index in [0.717, 1.165) is 0 Å². The monoisotopic (exact) mass is 195 g/mol. The van der Waals surface area contributed by atoms with E-state index in [9.17, 15) is 10.1 Å². The lowest BCUT2D eigenvalue weighted by molar-refractivity contribution is -0.386. The third-order valence-corrected chi connectivity index (χ3v) is 1.65. The highest BCUT2D eigenvalue weighted by atomic mass is 16.6. The van der Waals surface area contributed by atoms with Crippen LogP contribution in [-0.2, 0) is 0 Å². The second-order valence-corrected chi connectivity index (χ2v) is 2.66. The molecule has 0 saturated heterocycles. The van der Waals surface area contributed by atoms with Crippen molar-refractivity contribution in [3.05, 3.63) is 33.9 Å². The second kappa shape index (κ2) is 3.78. The third-order valence-electron chi connectivity index (χ3n) is 1.65. The largest absolute Gasteiger partial charge is 0.504 e. The summed E-state index contributed by atoms with van der Waals surface area (Å²) in [5.74, 6) is -1.20. The molecule has 0 aromatic heterocycles. The van der Waals surface area contributed by atoms with Gasteiger partial charge in [-0.1, -0.05) is 12.2 Å². The average Bonchev–Trinajstić information content (AvgIpc) is 2.11. The fourth-order valence-electron chi connectivity index (χ4n) is 1.05. The Labute approximate surface area is 80.1 Å². The van der Waals surface area contributed by atoms with Gasteiger partial charge in [0.15, 0.2) is 5.75 Å². The van der Waals surface area contributed by atoms with Crippen LogP contribution in [0.15, 0.2) is 18.2 Å². The summed E-state index contributed by atoms with van der Waals surface area (Å²) >= 11 is 0. The molecule has 0 bridgehead atoms. The highest BCUT2D eigenvalue weighted by molar-refractivity contribution is 5.63. The summed E-state index contributed by atoms with van der Waals surface area (Å²) in [6, 6.07) is 2.44. The van der Waals surface area contributed by atoms with Crippen LogP contribution in [0.3, 0.4) is 0 Å². The number of aromatic hydroxyl groups is 2. The quantitative estimate of drug-likeness (QED) is 0.429. The molecule has 0 fully saturated rings. The molecule has 0 aliphatic rings. The summed E-state index contributed by atoms with van der Waals surface area (Å²) in [7, 11) is 0. The molecule has 0 aliphatic carbocycles. The number of nitro groups is 1. The predicted octanol–water partition coefficient (Wildman–Crippen LogP) is 2.04. The predicted molar refractivity (Wildman–Crippen MR) is 51.1 cm³/mol. The van der Waals surface area contributed by atoms with Gasteiger partial charge in [-0.15, -0.1) is 0 Å². The van der Waals surface area contributed by atoms with E-state index < -0.39 is 22.1 Å². The minimum atomic E-state index is -0.748. The lowest BCUT2D eigenvalue weighted by atomic mass is 10.1. The van der Waals surface area contributed by atoms with Gasteiger partial charge in [0, 0.05) is 6.07 Å². The Morgan fingerprint density at radius 2 is 2.07 bits per heavy atom. The Morgan fingerprint density at radius 3 is 2.57 bits per heavy atom. The number of phenolic OH excluding ortho intramolecular Hbond substituents is 2. The van der Waals surface area contributed by atoms with Gasteiger partial charge in [0.25, 0.3) is 0 Å². The maximum absolute atomic E-state index is 10.4. The van der Waals surface area contributed by atoms with Gasteiger partial charge in [0.05, 0.1) is 4.92 Å². The van der Waals surface area contributed by atoms with Gasteiger partial charge < -0.3 is 10.2 Å². The first-order chi connectivity index (χ1) is 6.56. The molecule has 5 nitrogen and oxygen atoms in total. The van der Waals surface area contributed by atoms with Crippen LogP contribution in [0.5, 0.6) is 11.5 Å². The van der Waals surface area contributed by atoms with Crippen molar-refractivity contribution in [2.45, 2.75) is 6.92 Å². The minimum Gasteiger partial charge on any atom is -0.504 e. The van der Waals surface area contributed by atoms with Crippen molar-refractivity contribution in [1.29, 1.82) is 0 Å². The fraction of sp³-hybridized carbons (Fsp3) is 0.111. The van der Waals surface area contributed by atoms with E-state index in [1.54, 1.807) is 19.1 Å². The summed E-state index contributed by atoms with van der Waals surface area (Å²) in [5.41, 5.74) is -0.0346. The van der Waals surface area contributed by atoms with Crippen LogP contribution >= 0.6 is 0 Å². The van der Waals surface area contributed by atoms with Crippen molar-refractivity contribution >= 4 is 11.8 Å². The number of nitro benzene ring substituents is 1. The summed E-state index contributed by atoms with van der Waals surface area (Å²) in [5, 5.41) is 28.8. The Hall–Kier alpha value is -2.04. The van der Waals surface area contributed by atoms with E-state index in [1.807, 2.05) is 0 Å². The number of allylic oxidation sites excluding steroid dienone is 1. The number of rotatable bonds is 2. The Bertz CT molecular complexity index is 398. The van der Waals surface area contributed by atoms with Gasteiger partial charge in [-0.25, -0.2) is 0 Å². The second-order valence-electron chi connectivity index (χ2n) is 2.66. The minimum absolute atomic E-state index is 0.467. The number of benzene rings is 1. The summed E-state index contributed by atoms with van der Waals surface area (Å²) < 4.78 is 0. The molecule has 0 aliphatic heterocycles. The van der Waals surface area contributed by atoms with Crippen molar-refractivity contribution in [2.75, 3.05) is 0 Å². The zero-order valence-corrected chi connectivity index (χ0v) is 7.47. The van der Waals surface area contributed by atoms with Crippen LogP contribution in [-0.4, -0.2) is 15.1 Å². The highest BCUT2D eigenvalue weighted by Crippen LogP contribution is 2.36. The number of hydrogen-bond donors (Lipinski definition) is 2. The SMILES string of the molecule is C/C=C/c1cc(O)c(O)c([N+](=O)[O-])c1. The Morgan fingerprint density at radius 1 is 1.43 bits per heavy atom. The molecule has 0 radical (unpaired) electrons. The van der Waals surface area contributed by atoms with Gasteiger partial charge in [0.2, 0.25) is 5.75 Å². The average molecular weight is 195 g/mol. The van der Waals surface area contributed by atoms with E-state index in [-0.39, 0.29) is 0 Å². The first-order valence-electron chi connectivity index (χ1n) is 3.89. The molecular weight excluding hydrogens is 186 g/mol. The highest BCUT2D eigenvalue weighted by Gasteiger charge is 2.17. The van der Waals surface area contributed by atoms with E-state index >= 15 is 0 Å². The van der Waals surface area contributed by atoms with E-state index in [4.69, 9.17) is 10.2 Å². The van der Waals surface area contributed by atoms with Crippen molar-refractivity contribution in [3.63, 3.8) is 0 Å². The normalized spacial score (nSPS) is 10.6. The topological polar surface area (TPSA) is 83.6 Å². The maximum atomic E-state index is 10.4. The first kappa shape index (κ1) is 10.0. The smallest absolute Gasteiger partial charge is 0.315 e. The molecule has 0 saturated carbocycles. The molecule has 1 aromatic carbocycles. The molecule has 0 unspecified atom stereocenters. The zero-order valence-electron chi connectivity index (χ0n) is 7.47. The van der Waals surface area contributed by atoms with E-state index in [1.165, 1.54) is 12.1 Å². The van der Waals surface area contributed by atoms with Crippen molar-refractivity contribution in [1.82, 2.24) is 0 Å². The third kappa shape index (κ3) is 1.82. The molecule has 74 valence electrons. The van der Waals surface area contributed by atoms with Gasteiger partial charge in [0.1, 0.15) is 0 Å². The summed E-state index contributed by atoms with van der Waals surface area (Å²) in [4.78, 5) is 9.69. The van der Waals surface area contributed by atoms with Crippen molar-refractivity contribution in [3.8, 4) is 11.5 Å².